The Morgan fingerprint density at radius 2 is 1.65 bits per heavy atom. The number of carbonyl (C=O) groups excluding carboxylic acids is 1. The Kier molecular flexibility index (Phi) is 7.59. The molecule has 4 fully saturated rings. The second-order valence-electron chi connectivity index (χ2n) is 13.0. The van der Waals surface area contributed by atoms with E-state index in [4.69, 9.17) is 0 Å². The lowest BCUT2D eigenvalue weighted by molar-refractivity contribution is -0.120. The molecule has 1 unspecified atom stereocenters. The number of fused-ring (bicyclic) bond motifs is 5. The molecule has 4 rings (SSSR count). The molecule has 0 aromatic carbocycles. The summed E-state index contributed by atoms with van der Waals surface area (Å²) >= 11 is 0. The van der Waals surface area contributed by atoms with Crippen molar-refractivity contribution in [1.29, 1.82) is 0 Å². The quantitative estimate of drug-likeness (QED) is 0.335. The Labute approximate surface area is 193 Å². The van der Waals surface area contributed by atoms with Crippen LogP contribution >= 0.6 is 0 Å². The second kappa shape index (κ2) is 9.89. The van der Waals surface area contributed by atoms with Gasteiger partial charge in [-0.1, -0.05) is 59.8 Å². The van der Waals surface area contributed by atoms with Crippen LogP contribution in [-0.4, -0.2) is 5.78 Å². The molecule has 0 radical (unpaired) electrons. The van der Waals surface area contributed by atoms with Gasteiger partial charge in [-0.15, -0.1) is 0 Å². The average molecular weight is 429 g/mol. The molecule has 0 aromatic heterocycles. The van der Waals surface area contributed by atoms with Crippen molar-refractivity contribution in [3.05, 3.63) is 0 Å². The van der Waals surface area contributed by atoms with Crippen molar-refractivity contribution in [3.63, 3.8) is 0 Å². The van der Waals surface area contributed by atoms with E-state index >= 15 is 0 Å². The van der Waals surface area contributed by atoms with Crippen LogP contribution in [0.25, 0.3) is 0 Å². The maximum Gasteiger partial charge on any atom is 0.132 e. The predicted octanol–water partition coefficient (Wildman–Crippen LogP) is 8.99. The van der Waals surface area contributed by atoms with Gasteiger partial charge in [0.05, 0.1) is 0 Å². The van der Waals surface area contributed by atoms with Crippen molar-refractivity contribution >= 4 is 5.78 Å². The van der Waals surface area contributed by atoms with Gasteiger partial charge in [0.1, 0.15) is 5.78 Å². The van der Waals surface area contributed by atoms with Crippen LogP contribution < -0.4 is 0 Å². The van der Waals surface area contributed by atoms with Crippen LogP contribution in [-0.2, 0) is 4.79 Å². The minimum absolute atomic E-state index is 0.537. The number of carbonyl (C=O) groups is 1. The minimum Gasteiger partial charge on any atom is -0.300 e. The van der Waals surface area contributed by atoms with Gasteiger partial charge in [0.15, 0.2) is 0 Å². The highest BCUT2D eigenvalue weighted by molar-refractivity contribution is 5.78. The van der Waals surface area contributed by atoms with Crippen molar-refractivity contribution in [1.82, 2.24) is 0 Å². The Morgan fingerprint density at radius 1 is 0.839 bits per heavy atom. The first-order valence-corrected chi connectivity index (χ1v) is 14.4. The van der Waals surface area contributed by atoms with Gasteiger partial charge in [-0.25, -0.2) is 0 Å². The number of ketones is 1. The molecule has 0 N–H and O–H groups in total. The van der Waals surface area contributed by atoms with E-state index in [0.29, 0.717) is 16.6 Å². The Morgan fingerprint density at radius 3 is 2.45 bits per heavy atom. The molecule has 0 bridgehead atoms. The lowest BCUT2D eigenvalue weighted by atomic mass is 9.44. The van der Waals surface area contributed by atoms with Crippen LogP contribution in [0.15, 0.2) is 0 Å². The van der Waals surface area contributed by atoms with Crippen LogP contribution in [0.4, 0.5) is 0 Å². The van der Waals surface area contributed by atoms with Crippen molar-refractivity contribution in [3.8, 4) is 0 Å². The van der Waals surface area contributed by atoms with E-state index in [2.05, 4.69) is 27.7 Å². The molecule has 0 aliphatic heterocycles. The van der Waals surface area contributed by atoms with Crippen LogP contribution in [0.5, 0.6) is 0 Å². The monoisotopic (exact) mass is 428 g/mol. The van der Waals surface area contributed by atoms with Crippen LogP contribution in [0.3, 0.4) is 0 Å². The van der Waals surface area contributed by atoms with Crippen LogP contribution in [0, 0.1) is 46.3 Å². The zero-order chi connectivity index (χ0) is 22.1. The van der Waals surface area contributed by atoms with E-state index in [1.54, 1.807) is 0 Å². The highest BCUT2D eigenvalue weighted by Crippen LogP contribution is 2.68. The molecule has 0 spiro atoms. The zero-order valence-corrected chi connectivity index (χ0v) is 21.4. The maximum absolute atomic E-state index is 12.4. The summed E-state index contributed by atoms with van der Waals surface area (Å²) in [7, 11) is 0. The summed E-state index contributed by atoms with van der Waals surface area (Å²) in [4.78, 5) is 12.4. The van der Waals surface area contributed by atoms with Crippen LogP contribution in [0.2, 0.25) is 0 Å². The van der Waals surface area contributed by atoms with Gasteiger partial charge in [-0.2, -0.15) is 0 Å². The smallest absolute Gasteiger partial charge is 0.132 e. The second-order valence-corrected chi connectivity index (χ2v) is 13.0. The largest absolute Gasteiger partial charge is 0.300 e. The maximum atomic E-state index is 12.4. The molecule has 31 heavy (non-hydrogen) atoms. The first-order valence-electron chi connectivity index (χ1n) is 14.4. The van der Waals surface area contributed by atoms with Crippen molar-refractivity contribution in [2.75, 3.05) is 0 Å². The predicted molar refractivity (Wildman–Crippen MR) is 132 cm³/mol. The van der Waals surface area contributed by atoms with Gasteiger partial charge in [0.2, 0.25) is 0 Å². The third-order valence-electron chi connectivity index (χ3n) is 11.5. The summed E-state index contributed by atoms with van der Waals surface area (Å²) in [5.41, 5.74) is 1.22. The summed E-state index contributed by atoms with van der Waals surface area (Å²) < 4.78 is 0. The topological polar surface area (TPSA) is 17.1 Å². The zero-order valence-electron chi connectivity index (χ0n) is 21.4. The number of unbranched alkanes of at least 4 members (excludes halogenated alkanes) is 3. The van der Waals surface area contributed by atoms with E-state index in [-0.39, 0.29) is 0 Å². The number of Topliss-reactive ketones (excluding diaryl/α,β-unsaturated/α-hetero) is 1. The van der Waals surface area contributed by atoms with E-state index < -0.39 is 0 Å². The molecular weight excluding hydrogens is 376 g/mol. The molecule has 8 atom stereocenters. The normalized spacial score (nSPS) is 43.0. The molecule has 0 saturated heterocycles. The molecular formula is C30H52O. The Hall–Kier alpha value is -0.330. The lowest BCUT2D eigenvalue weighted by Gasteiger charge is -2.61. The Balaban J connectivity index is 1.34. The number of hydrogen-bond donors (Lipinski definition) is 0. The van der Waals surface area contributed by atoms with E-state index in [9.17, 15) is 4.79 Å². The van der Waals surface area contributed by atoms with Gasteiger partial charge < -0.3 is 0 Å². The molecule has 4 aliphatic carbocycles. The fourth-order valence-electron chi connectivity index (χ4n) is 9.73. The average Bonchev–Trinajstić information content (AvgIpc) is 3.12. The van der Waals surface area contributed by atoms with E-state index in [0.717, 1.165) is 61.2 Å². The standard InChI is InChI=1S/C30H52O/c1-5-6-7-8-12-24(31)15-13-22(2)26-17-18-27-25-16-14-23-11-9-10-20-29(23,3)28(25)19-21-30(26,27)4/h22-23,25-28H,5-21H2,1-4H3/t22-,23?,25+,26-,27+,28+,29+,30-/m1/s1. The first kappa shape index (κ1) is 23.8. The summed E-state index contributed by atoms with van der Waals surface area (Å²) in [5.74, 6) is 6.17. The van der Waals surface area contributed by atoms with Gasteiger partial charge >= 0.3 is 0 Å². The third kappa shape index (κ3) is 4.55. The third-order valence-corrected chi connectivity index (χ3v) is 11.5. The molecule has 0 aromatic rings. The van der Waals surface area contributed by atoms with Gasteiger partial charge in [-0.05, 0) is 111 Å². The number of rotatable bonds is 9. The molecule has 1 nitrogen and oxygen atoms in total. The van der Waals surface area contributed by atoms with Crippen molar-refractivity contribution in [2.24, 2.45) is 46.3 Å². The molecule has 178 valence electrons. The van der Waals surface area contributed by atoms with Crippen molar-refractivity contribution in [2.45, 2.75) is 137 Å². The van der Waals surface area contributed by atoms with Crippen molar-refractivity contribution < 1.29 is 4.79 Å². The highest BCUT2D eigenvalue weighted by atomic mass is 16.1. The van der Waals surface area contributed by atoms with Gasteiger partial charge in [0, 0.05) is 12.8 Å². The Bertz CT molecular complexity index is 610. The van der Waals surface area contributed by atoms with E-state index in [1.807, 2.05) is 0 Å². The first-order chi connectivity index (χ1) is 14.9. The van der Waals surface area contributed by atoms with Gasteiger partial charge in [-0.3, -0.25) is 4.79 Å². The summed E-state index contributed by atoms with van der Waals surface area (Å²) in [6.45, 7) is 10.1. The summed E-state index contributed by atoms with van der Waals surface area (Å²) in [6.07, 6.45) is 22.7. The molecule has 1 heteroatoms. The highest BCUT2D eigenvalue weighted by Gasteiger charge is 2.60. The summed E-state index contributed by atoms with van der Waals surface area (Å²) in [6, 6.07) is 0. The van der Waals surface area contributed by atoms with Crippen LogP contribution in [0.1, 0.15) is 137 Å². The lowest BCUT2D eigenvalue weighted by Crippen LogP contribution is -2.53. The molecule has 0 heterocycles. The fourth-order valence-corrected chi connectivity index (χ4v) is 9.73. The number of hydrogen-bond acceptors (Lipinski definition) is 1. The minimum atomic E-state index is 0.537. The molecule has 0 amide bonds. The summed E-state index contributed by atoms with van der Waals surface area (Å²) in [5, 5.41) is 0. The fraction of sp³-hybridized carbons (Fsp3) is 0.967. The molecule has 4 saturated carbocycles. The van der Waals surface area contributed by atoms with E-state index in [1.165, 1.54) is 83.5 Å². The molecule has 4 aliphatic rings. The SMILES string of the molecule is CCCCCCC(=O)CC[C@@H](C)[C@H]1CC[C@H]2[C@@H]3CCC4CCCC[C@]4(C)[C@H]3CC[C@]12C. The van der Waals surface area contributed by atoms with Gasteiger partial charge in [0.25, 0.3) is 0 Å².